The standard InChI is InChI=1S/C21H21BrN2O2/c1-14-11-21(19-9-6-17(25)12-20(19)23-14)24-10-2-3-16(24)13-26-18-7-4-15(22)5-8-18/h4-9,11-12,16,25H,2-3,10,13H2,1H3/t16-/m0/s1. The van der Waals surface area contributed by atoms with Crippen LogP contribution in [0.15, 0.2) is 53.0 Å². The van der Waals surface area contributed by atoms with Gasteiger partial charge in [0.2, 0.25) is 0 Å². The molecule has 0 saturated carbocycles. The Balaban J connectivity index is 1.60. The number of phenolic OH excluding ortho intramolecular Hbond substituents is 1. The summed E-state index contributed by atoms with van der Waals surface area (Å²) in [5, 5.41) is 10.9. The predicted octanol–water partition coefficient (Wildman–Crippen LogP) is 5.06. The lowest BCUT2D eigenvalue weighted by molar-refractivity contribution is 0.288. The minimum Gasteiger partial charge on any atom is -0.508 e. The number of ether oxygens (including phenoxy) is 1. The second-order valence-corrected chi connectivity index (χ2v) is 7.65. The molecule has 0 unspecified atom stereocenters. The Labute approximate surface area is 161 Å². The molecular formula is C21H21BrN2O2. The highest BCUT2D eigenvalue weighted by atomic mass is 79.9. The average Bonchev–Trinajstić information content (AvgIpc) is 3.08. The maximum Gasteiger partial charge on any atom is 0.119 e. The first-order valence-electron chi connectivity index (χ1n) is 8.85. The van der Waals surface area contributed by atoms with Gasteiger partial charge in [-0.2, -0.15) is 0 Å². The second-order valence-electron chi connectivity index (χ2n) is 6.74. The van der Waals surface area contributed by atoms with Crippen molar-refractivity contribution in [2.75, 3.05) is 18.1 Å². The summed E-state index contributed by atoms with van der Waals surface area (Å²) in [5.74, 6) is 1.14. The van der Waals surface area contributed by atoms with E-state index >= 15 is 0 Å². The number of halogens is 1. The van der Waals surface area contributed by atoms with Crippen LogP contribution in [0.4, 0.5) is 5.69 Å². The Bertz CT molecular complexity index is 922. The van der Waals surface area contributed by atoms with Gasteiger partial charge in [-0.15, -0.1) is 0 Å². The summed E-state index contributed by atoms with van der Waals surface area (Å²) in [4.78, 5) is 7.00. The largest absolute Gasteiger partial charge is 0.508 e. The zero-order valence-corrected chi connectivity index (χ0v) is 16.2. The fraction of sp³-hybridized carbons (Fsp3) is 0.286. The minimum atomic E-state index is 0.248. The number of benzene rings is 2. The molecule has 4 nitrogen and oxygen atoms in total. The molecule has 1 aliphatic rings. The zero-order valence-electron chi connectivity index (χ0n) is 14.7. The second kappa shape index (κ2) is 7.16. The van der Waals surface area contributed by atoms with Gasteiger partial charge < -0.3 is 14.7 Å². The fourth-order valence-corrected chi connectivity index (χ4v) is 3.88. The van der Waals surface area contributed by atoms with Crippen LogP contribution < -0.4 is 9.64 Å². The number of hydrogen-bond donors (Lipinski definition) is 1. The van der Waals surface area contributed by atoms with E-state index in [1.165, 1.54) is 5.69 Å². The van der Waals surface area contributed by atoms with E-state index in [0.717, 1.165) is 46.2 Å². The van der Waals surface area contributed by atoms with Gasteiger partial charge in [-0.3, -0.25) is 4.98 Å². The van der Waals surface area contributed by atoms with Crippen molar-refractivity contribution in [3.05, 3.63) is 58.7 Å². The number of rotatable bonds is 4. The molecule has 0 radical (unpaired) electrons. The first-order valence-corrected chi connectivity index (χ1v) is 9.65. The van der Waals surface area contributed by atoms with E-state index in [9.17, 15) is 5.11 Å². The molecule has 1 aromatic heterocycles. The number of aromatic hydroxyl groups is 1. The maximum atomic E-state index is 9.78. The van der Waals surface area contributed by atoms with E-state index in [-0.39, 0.29) is 5.75 Å². The molecule has 1 N–H and O–H groups in total. The fourth-order valence-electron chi connectivity index (χ4n) is 3.61. The smallest absolute Gasteiger partial charge is 0.119 e. The number of fused-ring (bicyclic) bond motifs is 1. The van der Waals surface area contributed by atoms with Crippen LogP contribution in [0.1, 0.15) is 18.5 Å². The van der Waals surface area contributed by atoms with Gasteiger partial charge >= 0.3 is 0 Å². The predicted molar refractivity (Wildman–Crippen MR) is 108 cm³/mol. The Hall–Kier alpha value is -2.27. The van der Waals surface area contributed by atoms with E-state index in [1.54, 1.807) is 12.1 Å². The molecule has 1 atom stereocenters. The molecule has 0 aliphatic carbocycles. The molecule has 0 bridgehead atoms. The lowest BCUT2D eigenvalue weighted by atomic mass is 10.1. The van der Waals surface area contributed by atoms with Gasteiger partial charge in [0, 0.05) is 33.9 Å². The van der Waals surface area contributed by atoms with Gasteiger partial charge in [-0.25, -0.2) is 0 Å². The Morgan fingerprint density at radius 2 is 2.00 bits per heavy atom. The number of anilines is 1. The molecule has 1 fully saturated rings. The van der Waals surface area contributed by atoms with Crippen molar-refractivity contribution in [3.63, 3.8) is 0 Å². The molecule has 0 spiro atoms. The molecule has 2 aromatic carbocycles. The van der Waals surface area contributed by atoms with Crippen molar-refractivity contribution in [3.8, 4) is 11.5 Å². The number of nitrogens with zero attached hydrogens (tertiary/aromatic N) is 2. The summed E-state index contributed by atoms with van der Waals surface area (Å²) in [6.45, 7) is 3.66. The van der Waals surface area contributed by atoms with Crippen LogP contribution in [-0.4, -0.2) is 29.3 Å². The third kappa shape index (κ3) is 3.49. The van der Waals surface area contributed by atoms with Crippen LogP contribution >= 0.6 is 15.9 Å². The van der Waals surface area contributed by atoms with Crippen molar-refractivity contribution >= 4 is 32.5 Å². The number of aryl methyl sites for hydroxylation is 1. The van der Waals surface area contributed by atoms with Crippen LogP contribution in [0.3, 0.4) is 0 Å². The van der Waals surface area contributed by atoms with Crippen LogP contribution in [-0.2, 0) is 0 Å². The molecule has 3 aromatic rings. The SMILES string of the molecule is Cc1cc(N2CCC[C@H]2COc2ccc(Br)cc2)c2ccc(O)cc2n1. The summed E-state index contributed by atoms with van der Waals surface area (Å²) in [7, 11) is 0. The molecule has 134 valence electrons. The van der Waals surface area contributed by atoms with Crippen molar-refractivity contribution in [2.45, 2.75) is 25.8 Å². The molecule has 2 heterocycles. The summed E-state index contributed by atoms with van der Waals surface area (Å²) < 4.78 is 7.09. The summed E-state index contributed by atoms with van der Waals surface area (Å²) in [6.07, 6.45) is 2.26. The van der Waals surface area contributed by atoms with E-state index in [4.69, 9.17) is 4.74 Å². The average molecular weight is 413 g/mol. The van der Waals surface area contributed by atoms with Crippen molar-refractivity contribution in [1.82, 2.24) is 4.98 Å². The highest BCUT2D eigenvalue weighted by Gasteiger charge is 2.27. The number of aromatic nitrogens is 1. The quantitative estimate of drug-likeness (QED) is 0.650. The van der Waals surface area contributed by atoms with Crippen molar-refractivity contribution < 1.29 is 9.84 Å². The van der Waals surface area contributed by atoms with Crippen molar-refractivity contribution in [1.29, 1.82) is 0 Å². The van der Waals surface area contributed by atoms with Crippen LogP contribution in [0.25, 0.3) is 10.9 Å². The topological polar surface area (TPSA) is 45.6 Å². The summed E-state index contributed by atoms with van der Waals surface area (Å²) >= 11 is 3.45. The molecule has 1 aliphatic heterocycles. The highest BCUT2D eigenvalue weighted by Crippen LogP contribution is 2.34. The first kappa shape index (κ1) is 17.2. The minimum absolute atomic E-state index is 0.248. The summed E-state index contributed by atoms with van der Waals surface area (Å²) in [5.41, 5.74) is 2.96. The van der Waals surface area contributed by atoms with E-state index in [1.807, 2.05) is 37.3 Å². The van der Waals surface area contributed by atoms with Gasteiger partial charge in [0.1, 0.15) is 18.1 Å². The normalized spacial score (nSPS) is 17.0. The number of hydrogen-bond acceptors (Lipinski definition) is 4. The van der Waals surface area contributed by atoms with E-state index in [2.05, 4.69) is 31.9 Å². The highest BCUT2D eigenvalue weighted by molar-refractivity contribution is 9.10. The lowest BCUT2D eigenvalue weighted by Crippen LogP contribution is -2.34. The molecule has 26 heavy (non-hydrogen) atoms. The van der Waals surface area contributed by atoms with Gasteiger partial charge in [0.05, 0.1) is 11.6 Å². The Kier molecular flexibility index (Phi) is 4.72. The van der Waals surface area contributed by atoms with Crippen LogP contribution in [0, 0.1) is 6.92 Å². The van der Waals surface area contributed by atoms with Gasteiger partial charge in [0.25, 0.3) is 0 Å². The molecule has 1 saturated heterocycles. The van der Waals surface area contributed by atoms with Gasteiger partial charge in [0.15, 0.2) is 0 Å². The van der Waals surface area contributed by atoms with E-state index < -0.39 is 0 Å². The molecule has 4 rings (SSSR count). The molecule has 5 heteroatoms. The Morgan fingerprint density at radius 1 is 1.19 bits per heavy atom. The first-order chi connectivity index (χ1) is 12.6. The maximum absolute atomic E-state index is 9.78. The number of pyridine rings is 1. The monoisotopic (exact) mass is 412 g/mol. The Morgan fingerprint density at radius 3 is 2.81 bits per heavy atom. The third-order valence-electron chi connectivity index (χ3n) is 4.84. The van der Waals surface area contributed by atoms with Crippen LogP contribution in [0.2, 0.25) is 0 Å². The van der Waals surface area contributed by atoms with Gasteiger partial charge in [-0.1, -0.05) is 15.9 Å². The molecular weight excluding hydrogens is 392 g/mol. The number of phenols is 1. The zero-order chi connectivity index (χ0) is 18.1. The van der Waals surface area contributed by atoms with Gasteiger partial charge in [-0.05, 0) is 62.2 Å². The van der Waals surface area contributed by atoms with Crippen LogP contribution in [0.5, 0.6) is 11.5 Å². The third-order valence-corrected chi connectivity index (χ3v) is 5.37. The summed E-state index contributed by atoms with van der Waals surface area (Å²) in [6, 6.07) is 15.8. The van der Waals surface area contributed by atoms with E-state index in [0.29, 0.717) is 12.6 Å². The van der Waals surface area contributed by atoms with Crippen molar-refractivity contribution in [2.24, 2.45) is 0 Å². The lowest BCUT2D eigenvalue weighted by Gasteiger charge is -2.28. The molecule has 0 amide bonds.